The van der Waals surface area contributed by atoms with E-state index in [1.165, 1.54) is 6.07 Å². The van der Waals surface area contributed by atoms with Crippen molar-refractivity contribution in [3.05, 3.63) is 61.7 Å². The minimum atomic E-state index is -1.94. The van der Waals surface area contributed by atoms with Gasteiger partial charge in [0.05, 0.1) is 54.9 Å². The predicted molar refractivity (Wildman–Crippen MR) is 144 cm³/mol. The molecule has 41 heavy (non-hydrogen) atoms. The van der Waals surface area contributed by atoms with Gasteiger partial charge in [0.2, 0.25) is 5.91 Å². The van der Waals surface area contributed by atoms with Crippen molar-refractivity contribution in [3.8, 4) is 11.4 Å². The molecule has 12 heteroatoms. The Bertz CT molecular complexity index is 1670. The summed E-state index contributed by atoms with van der Waals surface area (Å²) in [4.78, 5) is 42.3. The number of carbonyl (C=O) groups excluding carboxylic acids is 2. The number of aromatic nitrogens is 2. The van der Waals surface area contributed by atoms with Gasteiger partial charge in [-0.05, 0) is 48.9 Å². The minimum absolute atomic E-state index is 0.0134. The normalized spacial score (nSPS) is 20.4. The van der Waals surface area contributed by atoms with Crippen LogP contribution in [0.25, 0.3) is 22.3 Å². The quantitative estimate of drug-likeness (QED) is 0.164. The van der Waals surface area contributed by atoms with Gasteiger partial charge < -0.3 is 34.9 Å². The maximum Gasteiger partial charge on any atom is 0.343 e. The molecule has 2 aromatic heterocycles. The number of hydrogen-bond donors (Lipinski definition) is 3. The van der Waals surface area contributed by atoms with Crippen LogP contribution >= 0.6 is 0 Å². The van der Waals surface area contributed by atoms with Gasteiger partial charge in [-0.15, -0.1) is 0 Å². The molecule has 2 atom stereocenters. The summed E-state index contributed by atoms with van der Waals surface area (Å²) in [7, 11) is 0. The lowest BCUT2D eigenvalue weighted by molar-refractivity contribution is -0.172. The Morgan fingerprint density at radius 3 is 2.85 bits per heavy atom. The Kier molecular flexibility index (Phi) is 6.89. The Morgan fingerprint density at radius 2 is 2.10 bits per heavy atom. The molecule has 1 aromatic carbocycles. The standard InChI is InChI=1S/C29H31FN4O7/c1-3-29(38)18-8-21-26-16(11-34(21)27(36)17(18)12-41-28(29)37)25-22(40-7-6-39-13-32-23(35)10-31)5-4-15-14(2)19(30)9-20(33-26)24(15)25/h8-9,22,38H,3-7,10-13,31H2,1-2H3,(H,32,35)/t22-,29-/m0/s1. The number of amides is 1. The van der Waals surface area contributed by atoms with Crippen LogP contribution in [-0.4, -0.2) is 53.0 Å². The fourth-order valence-corrected chi connectivity index (χ4v) is 6.20. The molecule has 0 bridgehead atoms. The number of nitrogens with zero attached hydrogens (tertiary/aromatic N) is 2. The summed E-state index contributed by atoms with van der Waals surface area (Å²) < 4.78 is 33.5. The number of carbonyl (C=O) groups is 2. The highest BCUT2D eigenvalue weighted by atomic mass is 19.1. The molecule has 4 heterocycles. The molecule has 216 valence electrons. The van der Waals surface area contributed by atoms with Crippen LogP contribution in [0.1, 0.15) is 59.3 Å². The third kappa shape index (κ3) is 4.24. The molecule has 2 aliphatic heterocycles. The van der Waals surface area contributed by atoms with Gasteiger partial charge in [-0.3, -0.25) is 9.59 Å². The molecule has 0 spiro atoms. The topological polar surface area (TPSA) is 155 Å². The molecule has 3 aliphatic rings. The first-order valence-electron chi connectivity index (χ1n) is 13.7. The van der Waals surface area contributed by atoms with Gasteiger partial charge in [-0.25, -0.2) is 14.2 Å². The van der Waals surface area contributed by atoms with Crippen molar-refractivity contribution in [1.29, 1.82) is 0 Å². The van der Waals surface area contributed by atoms with Crippen LogP contribution in [0, 0.1) is 12.7 Å². The van der Waals surface area contributed by atoms with Crippen molar-refractivity contribution in [2.24, 2.45) is 5.73 Å². The number of cyclic esters (lactones) is 1. The molecule has 4 N–H and O–H groups in total. The van der Waals surface area contributed by atoms with Crippen LogP contribution in [0.15, 0.2) is 16.9 Å². The molecule has 1 aliphatic carbocycles. The highest BCUT2D eigenvalue weighted by Crippen LogP contribution is 2.46. The van der Waals surface area contributed by atoms with E-state index in [1.807, 2.05) is 0 Å². The van der Waals surface area contributed by atoms with Crippen molar-refractivity contribution in [1.82, 2.24) is 14.9 Å². The van der Waals surface area contributed by atoms with E-state index in [1.54, 1.807) is 24.5 Å². The van der Waals surface area contributed by atoms with Crippen molar-refractivity contribution in [3.63, 3.8) is 0 Å². The van der Waals surface area contributed by atoms with E-state index in [9.17, 15) is 19.5 Å². The van der Waals surface area contributed by atoms with E-state index < -0.39 is 11.6 Å². The first-order valence-corrected chi connectivity index (χ1v) is 13.7. The summed E-state index contributed by atoms with van der Waals surface area (Å²) in [6.07, 6.45) is 0.848. The summed E-state index contributed by atoms with van der Waals surface area (Å²) >= 11 is 0. The molecule has 0 unspecified atom stereocenters. The van der Waals surface area contributed by atoms with Gasteiger partial charge in [0.1, 0.15) is 19.2 Å². The molecule has 0 saturated carbocycles. The van der Waals surface area contributed by atoms with E-state index in [0.29, 0.717) is 35.3 Å². The summed E-state index contributed by atoms with van der Waals surface area (Å²) in [5.41, 5.74) is 7.90. The highest BCUT2D eigenvalue weighted by Gasteiger charge is 2.46. The van der Waals surface area contributed by atoms with Gasteiger partial charge in [0.25, 0.3) is 5.56 Å². The van der Waals surface area contributed by atoms with E-state index >= 15 is 4.39 Å². The zero-order valence-corrected chi connectivity index (χ0v) is 22.8. The first kappa shape index (κ1) is 27.5. The van der Waals surface area contributed by atoms with E-state index in [4.69, 9.17) is 24.9 Å². The van der Waals surface area contributed by atoms with Crippen LogP contribution in [0.2, 0.25) is 0 Å². The maximum absolute atomic E-state index is 15.0. The number of aliphatic hydroxyl groups is 1. The number of ether oxygens (including phenoxy) is 3. The molecule has 6 rings (SSSR count). The number of rotatable bonds is 8. The fraction of sp³-hybridized carbons (Fsp3) is 0.448. The summed E-state index contributed by atoms with van der Waals surface area (Å²) in [5, 5.41) is 14.5. The summed E-state index contributed by atoms with van der Waals surface area (Å²) in [5.74, 6) is -1.48. The van der Waals surface area contributed by atoms with Crippen LogP contribution in [0.4, 0.5) is 4.39 Å². The maximum atomic E-state index is 15.0. The molecule has 0 fully saturated rings. The number of nitrogens with two attached hydrogens (primary N) is 1. The molecule has 0 saturated heterocycles. The molecule has 0 radical (unpaired) electrons. The number of nitrogens with one attached hydrogen (secondary N) is 1. The predicted octanol–water partition coefficient (Wildman–Crippen LogP) is 1.58. The van der Waals surface area contributed by atoms with Crippen LogP contribution in [-0.2, 0) is 49.0 Å². The second kappa shape index (κ2) is 10.3. The average Bonchev–Trinajstić information content (AvgIpc) is 3.34. The number of esters is 1. The molecule has 1 amide bonds. The van der Waals surface area contributed by atoms with Crippen molar-refractivity contribution >= 4 is 22.8 Å². The number of aryl methyl sites for hydroxylation is 1. The smallest absolute Gasteiger partial charge is 0.343 e. The number of hydrogen-bond acceptors (Lipinski definition) is 9. The largest absolute Gasteiger partial charge is 0.458 e. The van der Waals surface area contributed by atoms with Gasteiger partial charge in [-0.2, -0.15) is 0 Å². The Hall–Kier alpha value is -3.71. The number of fused-ring (bicyclic) bond motifs is 5. The van der Waals surface area contributed by atoms with E-state index in [-0.39, 0.29) is 80.6 Å². The number of halogens is 1. The van der Waals surface area contributed by atoms with Crippen LogP contribution in [0.5, 0.6) is 0 Å². The van der Waals surface area contributed by atoms with E-state index in [2.05, 4.69) is 5.32 Å². The number of pyridine rings is 2. The average molecular weight is 567 g/mol. The summed E-state index contributed by atoms with van der Waals surface area (Å²) in [6.45, 7) is 3.74. The van der Waals surface area contributed by atoms with Crippen molar-refractivity contribution in [2.75, 3.05) is 26.5 Å². The monoisotopic (exact) mass is 566 g/mol. The van der Waals surface area contributed by atoms with Gasteiger partial charge in [-0.1, -0.05) is 6.92 Å². The lowest BCUT2D eigenvalue weighted by Gasteiger charge is -2.31. The zero-order chi connectivity index (χ0) is 29.1. The second-order valence-corrected chi connectivity index (χ2v) is 10.6. The zero-order valence-electron chi connectivity index (χ0n) is 22.8. The molecule has 3 aromatic rings. The van der Waals surface area contributed by atoms with Gasteiger partial charge in [0, 0.05) is 22.6 Å². The Morgan fingerprint density at radius 1 is 1.29 bits per heavy atom. The van der Waals surface area contributed by atoms with Crippen molar-refractivity contribution in [2.45, 2.75) is 58.0 Å². The molecular formula is C29H31FN4O7. The highest BCUT2D eigenvalue weighted by molar-refractivity contribution is 5.93. The first-order chi connectivity index (χ1) is 19.7. The SMILES string of the molecule is CC[C@@]1(O)C(=O)OCc2c1cc1n(c2=O)Cc2c-1nc1cc(F)c(C)c3c1c2[C@@H](OCCOCNC(=O)CN)CC3. The van der Waals surface area contributed by atoms with Crippen LogP contribution in [0.3, 0.4) is 0 Å². The van der Waals surface area contributed by atoms with Crippen molar-refractivity contribution < 1.29 is 33.3 Å². The fourth-order valence-electron chi connectivity index (χ4n) is 6.20. The van der Waals surface area contributed by atoms with Crippen LogP contribution < -0.4 is 16.6 Å². The Balaban J connectivity index is 1.43. The Labute approximate surface area is 234 Å². The molecular weight excluding hydrogens is 535 g/mol. The second-order valence-electron chi connectivity index (χ2n) is 10.6. The summed E-state index contributed by atoms with van der Waals surface area (Å²) in [6, 6.07) is 3.05. The lowest BCUT2D eigenvalue weighted by Crippen LogP contribution is -2.44. The lowest BCUT2D eigenvalue weighted by atomic mass is 9.82. The molecule has 11 nitrogen and oxygen atoms in total. The minimum Gasteiger partial charge on any atom is -0.458 e. The van der Waals surface area contributed by atoms with E-state index in [0.717, 1.165) is 22.1 Å². The van der Waals surface area contributed by atoms with Gasteiger partial charge in [0.15, 0.2) is 5.60 Å². The third-order valence-corrected chi connectivity index (χ3v) is 8.43. The third-order valence-electron chi connectivity index (χ3n) is 8.43. The number of benzene rings is 1. The van der Waals surface area contributed by atoms with Gasteiger partial charge >= 0.3 is 5.97 Å².